The van der Waals surface area contributed by atoms with E-state index in [-0.39, 0.29) is 0 Å². The van der Waals surface area contributed by atoms with E-state index in [2.05, 4.69) is 25.1 Å². The van der Waals surface area contributed by atoms with Gasteiger partial charge in [0.15, 0.2) is 5.96 Å². The molecule has 0 radical (unpaired) electrons. The average molecular weight is 320 g/mol. The Morgan fingerprint density at radius 3 is 2.83 bits per heavy atom. The van der Waals surface area contributed by atoms with Crippen molar-refractivity contribution in [3.63, 3.8) is 0 Å². The average Bonchev–Trinajstić information content (AvgIpc) is 3.21. The Kier molecular flexibility index (Phi) is 5.51. The zero-order chi connectivity index (χ0) is 16.1. The van der Waals surface area contributed by atoms with Gasteiger partial charge < -0.3 is 19.5 Å². The summed E-state index contributed by atoms with van der Waals surface area (Å²) in [5, 5.41) is 3.42. The topological polar surface area (TPSA) is 57.9 Å². The molecule has 0 spiro atoms. The van der Waals surface area contributed by atoms with Gasteiger partial charge in [-0.2, -0.15) is 0 Å². The van der Waals surface area contributed by atoms with Crippen LogP contribution in [-0.4, -0.2) is 78.3 Å². The molecule has 1 atom stereocenters. The van der Waals surface area contributed by atoms with Gasteiger partial charge in [-0.25, -0.2) is 4.98 Å². The van der Waals surface area contributed by atoms with Crippen molar-refractivity contribution in [2.75, 3.05) is 53.0 Å². The van der Waals surface area contributed by atoms with Crippen LogP contribution in [0.2, 0.25) is 0 Å². The molecule has 1 unspecified atom stereocenters. The van der Waals surface area contributed by atoms with Gasteiger partial charge in [-0.15, -0.1) is 0 Å². The molecule has 128 valence electrons. The zero-order valence-electron chi connectivity index (χ0n) is 14.2. The van der Waals surface area contributed by atoms with Crippen molar-refractivity contribution in [3.05, 3.63) is 18.2 Å². The molecule has 1 N–H and O–H groups in total. The lowest BCUT2D eigenvalue weighted by molar-refractivity contribution is 0.139. The Morgan fingerprint density at radius 2 is 2.22 bits per heavy atom. The number of aliphatic imine (C=N–C) groups is 1. The van der Waals surface area contributed by atoms with E-state index in [1.165, 1.54) is 13.0 Å². The molecule has 7 nitrogen and oxygen atoms in total. The van der Waals surface area contributed by atoms with Crippen molar-refractivity contribution in [2.45, 2.75) is 13.0 Å². The fourth-order valence-electron chi connectivity index (χ4n) is 3.29. The van der Waals surface area contributed by atoms with Crippen molar-refractivity contribution in [3.8, 4) is 0 Å². The van der Waals surface area contributed by atoms with Gasteiger partial charge in [-0.1, -0.05) is 0 Å². The van der Waals surface area contributed by atoms with Crippen molar-refractivity contribution in [2.24, 2.45) is 18.0 Å². The molecule has 2 saturated heterocycles. The number of rotatable bonds is 4. The summed E-state index contributed by atoms with van der Waals surface area (Å²) in [5.74, 6) is 2.71. The van der Waals surface area contributed by atoms with Crippen molar-refractivity contribution >= 4 is 5.96 Å². The smallest absolute Gasteiger partial charge is 0.194 e. The first-order chi connectivity index (χ1) is 11.3. The van der Waals surface area contributed by atoms with Gasteiger partial charge in [0.05, 0.1) is 13.2 Å². The minimum atomic E-state index is 0.704. The lowest BCUT2D eigenvalue weighted by atomic mass is 10.1. The number of imidazole rings is 1. The van der Waals surface area contributed by atoms with Gasteiger partial charge in [0.2, 0.25) is 0 Å². The second-order valence-electron chi connectivity index (χ2n) is 6.37. The highest BCUT2D eigenvalue weighted by molar-refractivity contribution is 5.79. The summed E-state index contributed by atoms with van der Waals surface area (Å²) >= 11 is 0. The number of aryl methyl sites for hydroxylation is 1. The first-order valence-electron chi connectivity index (χ1n) is 8.48. The highest BCUT2D eigenvalue weighted by Crippen LogP contribution is 2.15. The maximum atomic E-state index is 5.48. The number of hydrogen-bond donors (Lipinski definition) is 1. The van der Waals surface area contributed by atoms with Crippen molar-refractivity contribution in [1.29, 1.82) is 0 Å². The van der Waals surface area contributed by atoms with E-state index < -0.39 is 0 Å². The molecule has 1 aromatic heterocycles. The van der Waals surface area contributed by atoms with E-state index in [4.69, 9.17) is 4.74 Å². The zero-order valence-corrected chi connectivity index (χ0v) is 14.2. The second-order valence-corrected chi connectivity index (χ2v) is 6.37. The van der Waals surface area contributed by atoms with Gasteiger partial charge in [0.1, 0.15) is 5.82 Å². The third-order valence-corrected chi connectivity index (χ3v) is 4.75. The molecule has 0 amide bonds. The quantitative estimate of drug-likeness (QED) is 0.632. The molecular weight excluding hydrogens is 292 g/mol. The summed E-state index contributed by atoms with van der Waals surface area (Å²) in [4.78, 5) is 13.7. The van der Waals surface area contributed by atoms with Crippen LogP contribution < -0.4 is 5.32 Å². The molecular formula is C16H28N6O. The maximum Gasteiger partial charge on any atom is 0.194 e. The predicted molar refractivity (Wildman–Crippen MR) is 90.3 cm³/mol. The Labute approximate surface area is 138 Å². The van der Waals surface area contributed by atoms with Crippen LogP contribution >= 0.6 is 0 Å². The van der Waals surface area contributed by atoms with E-state index in [1.54, 1.807) is 0 Å². The molecule has 0 aromatic carbocycles. The normalized spacial score (nSPS) is 23.5. The highest BCUT2D eigenvalue weighted by atomic mass is 16.5. The molecule has 2 aliphatic rings. The number of ether oxygens (including phenoxy) is 1. The fraction of sp³-hybridized carbons (Fsp3) is 0.750. The fourth-order valence-corrected chi connectivity index (χ4v) is 3.29. The molecule has 3 heterocycles. The molecule has 0 aliphatic carbocycles. The predicted octanol–water partition coefficient (Wildman–Crippen LogP) is 0.150. The number of guanidine groups is 1. The van der Waals surface area contributed by atoms with Crippen LogP contribution in [0.4, 0.5) is 0 Å². The van der Waals surface area contributed by atoms with E-state index >= 15 is 0 Å². The number of hydrogen-bond acceptors (Lipinski definition) is 4. The molecule has 7 heteroatoms. The number of nitrogens with zero attached hydrogens (tertiary/aromatic N) is 5. The van der Waals surface area contributed by atoms with Crippen LogP contribution in [0.3, 0.4) is 0 Å². The summed E-state index contributed by atoms with van der Waals surface area (Å²) < 4.78 is 7.51. The Hall–Kier alpha value is -1.60. The number of nitrogens with one attached hydrogen (secondary N) is 1. The van der Waals surface area contributed by atoms with Crippen LogP contribution in [0.25, 0.3) is 0 Å². The van der Waals surface area contributed by atoms with E-state index in [0.29, 0.717) is 6.54 Å². The highest BCUT2D eigenvalue weighted by Gasteiger charge is 2.24. The molecule has 0 bridgehead atoms. The van der Waals surface area contributed by atoms with E-state index in [1.807, 2.05) is 31.1 Å². The molecule has 2 aliphatic heterocycles. The summed E-state index contributed by atoms with van der Waals surface area (Å²) in [7, 11) is 3.86. The van der Waals surface area contributed by atoms with Gasteiger partial charge in [0, 0.05) is 65.8 Å². The van der Waals surface area contributed by atoms with Gasteiger partial charge in [0.25, 0.3) is 0 Å². The Balaban J connectivity index is 1.44. The molecule has 2 fully saturated rings. The first-order valence-corrected chi connectivity index (χ1v) is 8.48. The summed E-state index contributed by atoms with van der Waals surface area (Å²) in [6, 6.07) is 0. The number of piperazine rings is 1. The van der Waals surface area contributed by atoms with Crippen LogP contribution in [0.5, 0.6) is 0 Å². The second kappa shape index (κ2) is 7.79. The molecule has 0 saturated carbocycles. The summed E-state index contributed by atoms with van der Waals surface area (Å²) in [5.41, 5.74) is 0. The lowest BCUT2D eigenvalue weighted by Crippen LogP contribution is -2.53. The van der Waals surface area contributed by atoms with Gasteiger partial charge in [-0.3, -0.25) is 9.89 Å². The summed E-state index contributed by atoms with van der Waals surface area (Å²) in [6.07, 6.45) is 5.00. The van der Waals surface area contributed by atoms with Crippen LogP contribution in [0.15, 0.2) is 17.4 Å². The van der Waals surface area contributed by atoms with Crippen molar-refractivity contribution < 1.29 is 4.74 Å². The SMILES string of the molecule is CN=C(NCc1nccn1C)N1CCN(CC2CCOC2)CC1. The van der Waals surface area contributed by atoms with Crippen molar-refractivity contribution in [1.82, 2.24) is 24.7 Å². The summed E-state index contributed by atoms with van der Waals surface area (Å²) in [6.45, 7) is 7.99. The molecule has 3 rings (SSSR count). The van der Waals surface area contributed by atoms with E-state index in [9.17, 15) is 0 Å². The van der Waals surface area contributed by atoms with Crippen LogP contribution in [-0.2, 0) is 18.3 Å². The first kappa shape index (κ1) is 16.3. The molecule has 23 heavy (non-hydrogen) atoms. The third-order valence-electron chi connectivity index (χ3n) is 4.75. The van der Waals surface area contributed by atoms with Crippen LogP contribution in [0.1, 0.15) is 12.2 Å². The minimum absolute atomic E-state index is 0.704. The Bertz CT molecular complexity index is 514. The standard InChI is InChI=1S/C16H28N6O/c1-17-16(19-11-15-18-4-5-20(15)2)22-8-6-21(7-9-22)12-14-3-10-23-13-14/h4-5,14H,3,6-13H2,1-2H3,(H,17,19). The minimum Gasteiger partial charge on any atom is -0.381 e. The lowest BCUT2D eigenvalue weighted by Gasteiger charge is -2.37. The van der Waals surface area contributed by atoms with E-state index in [0.717, 1.165) is 57.1 Å². The number of aromatic nitrogens is 2. The van der Waals surface area contributed by atoms with Gasteiger partial charge >= 0.3 is 0 Å². The molecule has 1 aromatic rings. The monoisotopic (exact) mass is 320 g/mol. The Morgan fingerprint density at radius 1 is 1.39 bits per heavy atom. The maximum absolute atomic E-state index is 5.48. The third kappa shape index (κ3) is 4.23. The van der Waals surface area contributed by atoms with Gasteiger partial charge in [-0.05, 0) is 12.3 Å². The van der Waals surface area contributed by atoms with Crippen LogP contribution in [0, 0.1) is 5.92 Å². The largest absolute Gasteiger partial charge is 0.381 e.